The first kappa shape index (κ1) is 24.9. The van der Waals surface area contributed by atoms with Gasteiger partial charge in [-0.15, -0.1) is 0 Å². The Bertz CT molecular complexity index is 1330. The molecule has 36 heavy (non-hydrogen) atoms. The number of imidazole rings is 1. The monoisotopic (exact) mass is 510 g/mol. The van der Waals surface area contributed by atoms with Crippen LogP contribution in [-0.2, 0) is 21.2 Å². The van der Waals surface area contributed by atoms with Crippen LogP contribution in [0.5, 0.6) is 0 Å². The van der Waals surface area contributed by atoms with Crippen molar-refractivity contribution < 1.29 is 13.2 Å². The molecule has 2 unspecified atom stereocenters. The van der Waals surface area contributed by atoms with Crippen LogP contribution in [-0.4, -0.2) is 65.9 Å². The molecule has 0 radical (unpaired) electrons. The minimum atomic E-state index is -3.57. The van der Waals surface area contributed by atoms with Crippen molar-refractivity contribution in [2.75, 3.05) is 20.2 Å². The van der Waals surface area contributed by atoms with E-state index in [1.165, 1.54) is 4.31 Å². The fourth-order valence-corrected chi connectivity index (χ4v) is 6.16. The van der Waals surface area contributed by atoms with Gasteiger partial charge in [-0.05, 0) is 55.9 Å². The molecule has 3 aromatic rings. The minimum absolute atomic E-state index is 0.0285. The van der Waals surface area contributed by atoms with Gasteiger partial charge in [0.2, 0.25) is 10.0 Å². The zero-order chi connectivity index (χ0) is 25.1. The van der Waals surface area contributed by atoms with Crippen LogP contribution in [0, 0.1) is 0 Å². The standard InChI is InChI=1S/C26H34N6O3S/c1-32(17-21-6-4-14-35-21)36(33,34)22-11-8-18(9-12-22)19-15-23-26(28-16-19)31-25(30-23)13-10-20-5-2-3-7-24(27)29-20/h8-9,11-12,15-16,20-21H,2-7,10,13-14,17H2,1H3,(H2,27,29)(H,28,30,31). The van der Waals surface area contributed by atoms with Crippen molar-refractivity contribution in [3.63, 3.8) is 0 Å². The highest BCUT2D eigenvalue weighted by atomic mass is 32.2. The smallest absolute Gasteiger partial charge is 0.242 e. The van der Waals surface area contributed by atoms with Crippen molar-refractivity contribution in [3.8, 4) is 11.1 Å². The molecule has 1 aromatic carbocycles. The number of likely N-dealkylation sites (N-methyl/N-ethyl adjacent to an activating group) is 1. The summed E-state index contributed by atoms with van der Waals surface area (Å²) in [6.07, 6.45) is 9.55. The molecule has 1 fully saturated rings. The molecule has 3 N–H and O–H groups in total. The first-order chi connectivity index (χ1) is 17.4. The first-order valence-electron chi connectivity index (χ1n) is 12.7. The van der Waals surface area contributed by atoms with Crippen LogP contribution in [0.15, 0.2) is 46.4 Å². The SMILES string of the molecule is CN(CC1CCCO1)S(=O)(=O)c1ccc(-c2cnc3nc(CCC4CCCCC(N)=N4)[nH]c3c2)cc1. The number of fused-ring (bicyclic) bond motifs is 1. The zero-order valence-electron chi connectivity index (χ0n) is 20.7. The van der Waals surface area contributed by atoms with Crippen molar-refractivity contribution in [2.45, 2.75) is 68.4 Å². The van der Waals surface area contributed by atoms with Crippen molar-refractivity contribution >= 4 is 27.0 Å². The fraction of sp³-hybridized carbons (Fsp3) is 0.500. The molecule has 9 nitrogen and oxygen atoms in total. The number of aromatic amines is 1. The maximum absolute atomic E-state index is 13.0. The lowest BCUT2D eigenvalue weighted by Gasteiger charge is -2.20. The van der Waals surface area contributed by atoms with Crippen LogP contribution in [0.25, 0.3) is 22.3 Å². The Hall–Kier alpha value is -2.82. The number of ether oxygens (including phenoxy) is 1. The molecule has 0 amide bonds. The van der Waals surface area contributed by atoms with E-state index in [0.29, 0.717) is 18.8 Å². The predicted octanol–water partition coefficient (Wildman–Crippen LogP) is 3.66. The van der Waals surface area contributed by atoms with Crippen LogP contribution in [0.2, 0.25) is 0 Å². The van der Waals surface area contributed by atoms with E-state index in [1.54, 1.807) is 25.4 Å². The van der Waals surface area contributed by atoms with Gasteiger partial charge >= 0.3 is 0 Å². The summed E-state index contributed by atoms with van der Waals surface area (Å²) < 4.78 is 32.9. The molecule has 2 aromatic heterocycles. The summed E-state index contributed by atoms with van der Waals surface area (Å²) in [4.78, 5) is 17.5. The molecular formula is C26H34N6O3S. The Morgan fingerprint density at radius 3 is 2.75 bits per heavy atom. The Labute approximate surface area is 212 Å². The number of hydrogen-bond donors (Lipinski definition) is 2. The lowest BCUT2D eigenvalue weighted by Crippen LogP contribution is -2.34. The van der Waals surface area contributed by atoms with Crippen molar-refractivity contribution in [1.29, 1.82) is 0 Å². The zero-order valence-corrected chi connectivity index (χ0v) is 21.5. The predicted molar refractivity (Wildman–Crippen MR) is 140 cm³/mol. The molecule has 2 aliphatic rings. The number of hydrogen-bond acceptors (Lipinski definition) is 7. The Morgan fingerprint density at radius 2 is 1.97 bits per heavy atom. The summed E-state index contributed by atoms with van der Waals surface area (Å²) in [6, 6.07) is 9.20. The van der Waals surface area contributed by atoms with E-state index in [-0.39, 0.29) is 17.0 Å². The summed E-state index contributed by atoms with van der Waals surface area (Å²) in [6.45, 7) is 1.07. The van der Waals surface area contributed by atoms with Gasteiger partial charge in [0, 0.05) is 44.8 Å². The third kappa shape index (κ3) is 5.61. The molecule has 0 saturated carbocycles. The molecular weight excluding hydrogens is 476 g/mol. The second-order valence-corrected chi connectivity index (χ2v) is 11.8. The topological polar surface area (TPSA) is 127 Å². The van der Waals surface area contributed by atoms with Gasteiger partial charge in [0.05, 0.1) is 28.4 Å². The van der Waals surface area contributed by atoms with E-state index >= 15 is 0 Å². The summed E-state index contributed by atoms with van der Waals surface area (Å²) in [5, 5.41) is 0. The van der Waals surface area contributed by atoms with Crippen LogP contribution in [0.3, 0.4) is 0 Å². The van der Waals surface area contributed by atoms with Crippen LogP contribution >= 0.6 is 0 Å². The maximum atomic E-state index is 13.0. The third-order valence-corrected chi connectivity index (χ3v) is 8.89. The van der Waals surface area contributed by atoms with Gasteiger partial charge in [-0.1, -0.05) is 18.6 Å². The number of aryl methyl sites for hydroxylation is 1. The molecule has 4 heterocycles. The second kappa shape index (κ2) is 10.7. The highest BCUT2D eigenvalue weighted by Crippen LogP contribution is 2.26. The van der Waals surface area contributed by atoms with E-state index in [0.717, 1.165) is 79.7 Å². The number of benzene rings is 1. The van der Waals surface area contributed by atoms with Crippen LogP contribution in [0.1, 0.15) is 50.8 Å². The van der Waals surface area contributed by atoms with Crippen LogP contribution < -0.4 is 5.73 Å². The number of sulfonamides is 1. The quantitative estimate of drug-likeness (QED) is 0.476. The van der Waals surface area contributed by atoms with Gasteiger partial charge in [0.25, 0.3) is 0 Å². The molecule has 0 spiro atoms. The largest absolute Gasteiger partial charge is 0.387 e. The van der Waals surface area contributed by atoms with E-state index in [2.05, 4.69) is 19.9 Å². The van der Waals surface area contributed by atoms with Gasteiger partial charge < -0.3 is 15.5 Å². The van der Waals surface area contributed by atoms with Crippen LogP contribution in [0.4, 0.5) is 0 Å². The molecule has 0 aliphatic carbocycles. The van der Waals surface area contributed by atoms with E-state index < -0.39 is 10.0 Å². The van der Waals surface area contributed by atoms with Crippen molar-refractivity contribution in [3.05, 3.63) is 42.4 Å². The summed E-state index contributed by atoms with van der Waals surface area (Å²) in [5.74, 6) is 1.66. The van der Waals surface area contributed by atoms with Crippen molar-refractivity contribution in [2.24, 2.45) is 10.7 Å². The number of rotatable bonds is 8. The van der Waals surface area contributed by atoms with Crippen molar-refractivity contribution in [1.82, 2.24) is 19.3 Å². The van der Waals surface area contributed by atoms with Gasteiger partial charge in [0.1, 0.15) is 5.82 Å². The molecule has 10 heteroatoms. The highest BCUT2D eigenvalue weighted by Gasteiger charge is 2.26. The second-order valence-electron chi connectivity index (χ2n) is 9.78. The van der Waals surface area contributed by atoms with E-state index in [4.69, 9.17) is 10.5 Å². The lowest BCUT2D eigenvalue weighted by atomic mass is 10.1. The number of nitrogens with zero attached hydrogens (tertiary/aromatic N) is 4. The van der Waals surface area contributed by atoms with E-state index in [9.17, 15) is 8.42 Å². The number of amidine groups is 1. The number of nitrogens with one attached hydrogen (secondary N) is 1. The average Bonchev–Trinajstić information content (AvgIpc) is 3.48. The molecule has 2 atom stereocenters. The molecule has 192 valence electrons. The average molecular weight is 511 g/mol. The summed E-state index contributed by atoms with van der Waals surface area (Å²) in [7, 11) is -1.97. The fourth-order valence-electron chi connectivity index (χ4n) is 4.96. The number of H-pyrrole nitrogens is 1. The number of aliphatic imine (C=N–C) groups is 1. The highest BCUT2D eigenvalue weighted by molar-refractivity contribution is 7.89. The normalized spacial score (nSPS) is 21.1. The number of pyridine rings is 1. The Morgan fingerprint density at radius 1 is 1.14 bits per heavy atom. The number of aromatic nitrogens is 3. The summed E-state index contributed by atoms with van der Waals surface area (Å²) in [5.41, 5.74) is 9.31. The minimum Gasteiger partial charge on any atom is -0.387 e. The molecule has 2 aliphatic heterocycles. The molecule has 5 rings (SSSR count). The van der Waals surface area contributed by atoms with E-state index in [1.807, 2.05) is 18.2 Å². The Kier molecular flexibility index (Phi) is 7.36. The van der Waals surface area contributed by atoms with Gasteiger partial charge in [-0.3, -0.25) is 4.99 Å². The molecule has 1 saturated heterocycles. The molecule has 0 bridgehead atoms. The Balaban J connectivity index is 1.27. The third-order valence-electron chi connectivity index (χ3n) is 7.05. The lowest BCUT2D eigenvalue weighted by molar-refractivity contribution is 0.0979. The maximum Gasteiger partial charge on any atom is 0.242 e. The van der Waals surface area contributed by atoms with Gasteiger partial charge in [-0.2, -0.15) is 4.31 Å². The first-order valence-corrected chi connectivity index (χ1v) is 14.2. The summed E-state index contributed by atoms with van der Waals surface area (Å²) >= 11 is 0. The van der Waals surface area contributed by atoms with Gasteiger partial charge in [0.15, 0.2) is 5.65 Å². The number of nitrogens with two attached hydrogens (primary N) is 1. The van der Waals surface area contributed by atoms with Gasteiger partial charge in [-0.25, -0.2) is 18.4 Å².